The number of benzene rings is 1. The van der Waals surface area contributed by atoms with Crippen LogP contribution in [0, 0.1) is 6.92 Å². The van der Waals surface area contributed by atoms with Crippen molar-refractivity contribution in [3.05, 3.63) is 50.2 Å². The molecule has 0 atom stereocenters. The van der Waals surface area contributed by atoms with Crippen molar-refractivity contribution in [2.45, 2.75) is 13.5 Å². The molecule has 16 heavy (non-hydrogen) atoms. The van der Waals surface area contributed by atoms with E-state index in [-0.39, 0.29) is 5.56 Å². The molecule has 5 heteroatoms. The predicted octanol–water partition coefficient (Wildman–Crippen LogP) is 1.88. The molecular weight excluding hydrogens is 270 g/mol. The van der Waals surface area contributed by atoms with Crippen LogP contribution in [0.25, 0.3) is 0 Å². The average molecular weight is 282 g/mol. The molecule has 0 aliphatic rings. The third-order valence-corrected chi connectivity index (χ3v) is 2.71. The van der Waals surface area contributed by atoms with Crippen molar-refractivity contribution >= 4 is 21.7 Å². The molecule has 0 bridgehead atoms. The van der Waals surface area contributed by atoms with Gasteiger partial charge in [-0.1, -0.05) is 22.0 Å². The Morgan fingerprint density at radius 1 is 1.38 bits per heavy atom. The van der Waals surface area contributed by atoms with Crippen LogP contribution in [-0.4, -0.2) is 9.78 Å². The first kappa shape index (κ1) is 11.0. The molecule has 0 fully saturated rings. The molecule has 0 saturated carbocycles. The Kier molecular flexibility index (Phi) is 2.87. The normalized spacial score (nSPS) is 10.6. The standard InChI is InChI=1S/C11H12BrN3O/c1-7-2-8(4-9(12)3-7)6-15-11(16)5-10(13)14-15/h2-5,14H,6,13H2,1H3. The van der Waals surface area contributed by atoms with Gasteiger partial charge in [0.05, 0.1) is 6.54 Å². The minimum atomic E-state index is -0.116. The number of nitrogen functional groups attached to an aromatic ring is 1. The highest BCUT2D eigenvalue weighted by Gasteiger charge is 2.02. The number of H-pyrrole nitrogens is 1. The number of aromatic nitrogens is 2. The van der Waals surface area contributed by atoms with Gasteiger partial charge in [0.25, 0.3) is 5.56 Å². The number of nitrogens with one attached hydrogen (secondary N) is 1. The van der Waals surface area contributed by atoms with Gasteiger partial charge in [0, 0.05) is 10.5 Å². The monoisotopic (exact) mass is 281 g/mol. The summed E-state index contributed by atoms with van der Waals surface area (Å²) in [5.74, 6) is 0.386. The Bertz CT molecular complexity index is 551. The molecule has 4 nitrogen and oxygen atoms in total. The average Bonchev–Trinajstić information content (AvgIpc) is 2.43. The lowest BCUT2D eigenvalue weighted by atomic mass is 10.1. The van der Waals surface area contributed by atoms with E-state index in [9.17, 15) is 4.79 Å². The first-order valence-corrected chi connectivity index (χ1v) is 5.65. The zero-order valence-electron chi connectivity index (χ0n) is 8.83. The van der Waals surface area contributed by atoms with Gasteiger partial charge in [0.15, 0.2) is 0 Å². The molecule has 1 aromatic heterocycles. The summed E-state index contributed by atoms with van der Waals surface area (Å²) in [4.78, 5) is 11.5. The van der Waals surface area contributed by atoms with E-state index in [1.165, 1.54) is 10.7 Å². The van der Waals surface area contributed by atoms with Gasteiger partial charge in [-0.05, 0) is 30.2 Å². The molecule has 1 aromatic carbocycles. The van der Waals surface area contributed by atoms with Crippen LogP contribution in [0.1, 0.15) is 11.1 Å². The first-order chi connectivity index (χ1) is 7.54. The summed E-state index contributed by atoms with van der Waals surface area (Å²) in [5, 5.41) is 2.80. The van der Waals surface area contributed by atoms with Crippen molar-refractivity contribution < 1.29 is 0 Å². The zero-order chi connectivity index (χ0) is 11.7. The van der Waals surface area contributed by atoms with Gasteiger partial charge in [0.1, 0.15) is 5.82 Å². The van der Waals surface area contributed by atoms with Crippen molar-refractivity contribution in [2.75, 3.05) is 5.73 Å². The molecule has 1 heterocycles. The number of halogens is 1. The summed E-state index contributed by atoms with van der Waals surface area (Å²) in [5.41, 5.74) is 7.59. The molecule has 84 valence electrons. The summed E-state index contributed by atoms with van der Waals surface area (Å²) < 4.78 is 2.49. The number of nitrogens with zero attached hydrogens (tertiary/aromatic N) is 1. The maximum atomic E-state index is 11.5. The minimum absolute atomic E-state index is 0.116. The Morgan fingerprint density at radius 3 is 2.69 bits per heavy atom. The topological polar surface area (TPSA) is 63.8 Å². The van der Waals surface area contributed by atoms with E-state index in [1.54, 1.807) is 0 Å². The Labute approximate surface area is 101 Å². The Hall–Kier alpha value is -1.49. The quantitative estimate of drug-likeness (QED) is 0.883. The highest BCUT2D eigenvalue weighted by molar-refractivity contribution is 9.10. The van der Waals surface area contributed by atoms with Crippen LogP contribution >= 0.6 is 15.9 Å². The molecule has 0 spiro atoms. The smallest absolute Gasteiger partial charge is 0.268 e. The SMILES string of the molecule is Cc1cc(Br)cc(Cn2[nH]c(N)cc2=O)c1. The number of hydrogen-bond donors (Lipinski definition) is 2. The fraction of sp³-hybridized carbons (Fsp3) is 0.182. The van der Waals surface area contributed by atoms with Gasteiger partial charge in [-0.25, -0.2) is 4.68 Å². The van der Waals surface area contributed by atoms with Crippen LogP contribution in [0.15, 0.2) is 33.5 Å². The van der Waals surface area contributed by atoms with E-state index >= 15 is 0 Å². The van der Waals surface area contributed by atoms with E-state index in [0.717, 1.165) is 15.6 Å². The summed E-state index contributed by atoms with van der Waals surface area (Å²) in [6, 6.07) is 7.42. The highest BCUT2D eigenvalue weighted by Crippen LogP contribution is 2.15. The lowest BCUT2D eigenvalue weighted by molar-refractivity contribution is 0.666. The van der Waals surface area contributed by atoms with Crippen LogP contribution < -0.4 is 11.3 Å². The molecule has 0 saturated heterocycles. The number of rotatable bonds is 2. The fourth-order valence-electron chi connectivity index (χ4n) is 1.66. The van der Waals surface area contributed by atoms with Crippen molar-refractivity contribution in [3.8, 4) is 0 Å². The molecule has 0 unspecified atom stereocenters. The number of nitrogens with two attached hydrogens (primary N) is 1. The molecule has 2 aromatic rings. The molecule has 0 radical (unpaired) electrons. The fourth-order valence-corrected chi connectivity index (χ4v) is 2.31. The van der Waals surface area contributed by atoms with Gasteiger partial charge in [-0.2, -0.15) is 0 Å². The second-order valence-corrected chi connectivity index (χ2v) is 4.69. The van der Waals surface area contributed by atoms with E-state index in [4.69, 9.17) is 5.73 Å². The van der Waals surface area contributed by atoms with E-state index in [0.29, 0.717) is 12.4 Å². The molecule has 2 rings (SSSR count). The van der Waals surface area contributed by atoms with Gasteiger partial charge in [0.2, 0.25) is 0 Å². The van der Waals surface area contributed by atoms with E-state index < -0.39 is 0 Å². The Balaban J connectivity index is 2.33. The predicted molar refractivity (Wildman–Crippen MR) is 67.4 cm³/mol. The summed E-state index contributed by atoms with van der Waals surface area (Å²) >= 11 is 3.43. The zero-order valence-corrected chi connectivity index (χ0v) is 10.4. The third kappa shape index (κ3) is 2.36. The van der Waals surface area contributed by atoms with Gasteiger partial charge in [-0.3, -0.25) is 9.89 Å². The maximum Gasteiger partial charge on any atom is 0.268 e. The summed E-state index contributed by atoms with van der Waals surface area (Å²) in [7, 11) is 0. The number of hydrogen-bond acceptors (Lipinski definition) is 2. The minimum Gasteiger partial charge on any atom is -0.384 e. The van der Waals surface area contributed by atoms with Crippen molar-refractivity contribution in [1.29, 1.82) is 0 Å². The van der Waals surface area contributed by atoms with Crippen molar-refractivity contribution in [1.82, 2.24) is 9.78 Å². The molecule has 0 amide bonds. The van der Waals surface area contributed by atoms with Crippen LogP contribution in [0.3, 0.4) is 0 Å². The number of aromatic amines is 1. The lowest BCUT2D eigenvalue weighted by Crippen LogP contribution is -2.16. The van der Waals surface area contributed by atoms with Crippen LogP contribution in [0.4, 0.5) is 5.82 Å². The van der Waals surface area contributed by atoms with Crippen LogP contribution in [0.2, 0.25) is 0 Å². The van der Waals surface area contributed by atoms with E-state index in [1.807, 2.05) is 25.1 Å². The van der Waals surface area contributed by atoms with Gasteiger partial charge < -0.3 is 5.73 Å². The second kappa shape index (κ2) is 4.17. The van der Waals surface area contributed by atoms with Crippen molar-refractivity contribution in [3.63, 3.8) is 0 Å². The largest absolute Gasteiger partial charge is 0.384 e. The van der Waals surface area contributed by atoms with E-state index in [2.05, 4.69) is 21.0 Å². The first-order valence-electron chi connectivity index (χ1n) is 4.86. The van der Waals surface area contributed by atoms with Gasteiger partial charge in [-0.15, -0.1) is 0 Å². The molecular formula is C11H12BrN3O. The summed E-state index contributed by atoms with van der Waals surface area (Å²) in [6.45, 7) is 2.51. The Morgan fingerprint density at radius 2 is 2.12 bits per heavy atom. The summed E-state index contributed by atoms with van der Waals surface area (Å²) in [6.07, 6.45) is 0. The maximum absolute atomic E-state index is 11.5. The number of aryl methyl sites for hydroxylation is 1. The third-order valence-electron chi connectivity index (χ3n) is 2.25. The number of anilines is 1. The molecule has 3 N–H and O–H groups in total. The van der Waals surface area contributed by atoms with Crippen LogP contribution in [0.5, 0.6) is 0 Å². The second-order valence-electron chi connectivity index (χ2n) is 3.77. The lowest BCUT2D eigenvalue weighted by Gasteiger charge is -2.04. The van der Waals surface area contributed by atoms with Gasteiger partial charge >= 0.3 is 0 Å². The van der Waals surface area contributed by atoms with Crippen molar-refractivity contribution in [2.24, 2.45) is 0 Å². The molecule has 0 aliphatic heterocycles. The molecule has 0 aliphatic carbocycles. The highest BCUT2D eigenvalue weighted by atomic mass is 79.9. The van der Waals surface area contributed by atoms with Crippen LogP contribution in [-0.2, 0) is 6.54 Å².